The monoisotopic (exact) mass is 284 g/mol. The van der Waals surface area contributed by atoms with Gasteiger partial charge in [-0.25, -0.2) is 12.7 Å². The molecule has 1 aliphatic rings. The summed E-state index contributed by atoms with van der Waals surface area (Å²) >= 11 is 0. The average Bonchev–Trinajstić information content (AvgIpc) is 2.40. The van der Waals surface area contributed by atoms with Crippen molar-refractivity contribution in [1.29, 1.82) is 0 Å². The Kier molecular flexibility index (Phi) is 4.44. The van der Waals surface area contributed by atoms with Gasteiger partial charge in [0.15, 0.2) is 0 Å². The van der Waals surface area contributed by atoms with E-state index < -0.39 is 10.0 Å². The SMILES string of the molecule is CN(C)S(=O)(=O)c1ccc(O[C@H]2CCCNC2)cc1. The van der Waals surface area contributed by atoms with Gasteiger partial charge in [0.1, 0.15) is 11.9 Å². The van der Waals surface area contributed by atoms with Gasteiger partial charge in [-0.05, 0) is 43.7 Å². The molecule has 1 N–H and O–H groups in total. The third-order valence-electron chi connectivity index (χ3n) is 3.16. The summed E-state index contributed by atoms with van der Waals surface area (Å²) in [6.45, 7) is 1.89. The number of ether oxygens (including phenoxy) is 1. The summed E-state index contributed by atoms with van der Waals surface area (Å²) in [5, 5.41) is 3.28. The Bertz CT molecular complexity index is 505. The molecule has 19 heavy (non-hydrogen) atoms. The highest BCUT2D eigenvalue weighted by Gasteiger charge is 2.18. The maximum absolute atomic E-state index is 11.9. The first kappa shape index (κ1) is 14.3. The number of benzene rings is 1. The van der Waals surface area contributed by atoms with Crippen LogP contribution in [0.15, 0.2) is 29.2 Å². The Morgan fingerprint density at radius 1 is 1.26 bits per heavy atom. The molecule has 1 aromatic carbocycles. The van der Waals surface area contributed by atoms with E-state index in [1.54, 1.807) is 24.3 Å². The Balaban J connectivity index is 2.06. The maximum Gasteiger partial charge on any atom is 0.242 e. The number of piperidine rings is 1. The summed E-state index contributed by atoms with van der Waals surface area (Å²) in [5.41, 5.74) is 0. The number of hydrogen-bond acceptors (Lipinski definition) is 4. The molecule has 0 saturated carbocycles. The van der Waals surface area contributed by atoms with Gasteiger partial charge in [0.05, 0.1) is 4.90 Å². The van der Waals surface area contributed by atoms with E-state index in [0.717, 1.165) is 25.9 Å². The molecule has 5 nitrogen and oxygen atoms in total. The predicted octanol–water partition coefficient (Wildman–Crippen LogP) is 1.07. The Hall–Kier alpha value is -1.11. The van der Waals surface area contributed by atoms with Gasteiger partial charge in [-0.3, -0.25) is 0 Å². The van der Waals surface area contributed by atoms with Crippen LogP contribution in [-0.2, 0) is 10.0 Å². The quantitative estimate of drug-likeness (QED) is 0.898. The lowest BCUT2D eigenvalue weighted by Crippen LogP contribution is -2.37. The molecule has 2 rings (SSSR count). The zero-order valence-corrected chi connectivity index (χ0v) is 12.1. The second-order valence-electron chi connectivity index (χ2n) is 4.85. The van der Waals surface area contributed by atoms with Gasteiger partial charge >= 0.3 is 0 Å². The van der Waals surface area contributed by atoms with Gasteiger partial charge < -0.3 is 10.1 Å². The largest absolute Gasteiger partial charge is 0.489 e. The molecule has 0 spiro atoms. The van der Waals surface area contributed by atoms with Crippen molar-refractivity contribution < 1.29 is 13.2 Å². The molecule has 1 atom stereocenters. The summed E-state index contributed by atoms with van der Waals surface area (Å²) in [6, 6.07) is 6.60. The van der Waals surface area contributed by atoms with Gasteiger partial charge in [0, 0.05) is 20.6 Å². The van der Waals surface area contributed by atoms with Crippen LogP contribution in [0.25, 0.3) is 0 Å². The Morgan fingerprint density at radius 3 is 2.47 bits per heavy atom. The summed E-state index contributed by atoms with van der Waals surface area (Å²) in [5.74, 6) is 0.714. The van der Waals surface area contributed by atoms with E-state index in [-0.39, 0.29) is 11.0 Å². The summed E-state index contributed by atoms with van der Waals surface area (Å²) in [4.78, 5) is 0.284. The van der Waals surface area contributed by atoms with Crippen LogP contribution >= 0.6 is 0 Å². The Morgan fingerprint density at radius 2 is 1.95 bits per heavy atom. The lowest BCUT2D eigenvalue weighted by Gasteiger charge is -2.24. The number of sulfonamides is 1. The first-order chi connectivity index (χ1) is 9.00. The molecule has 1 heterocycles. The van der Waals surface area contributed by atoms with Crippen LogP contribution in [0, 0.1) is 0 Å². The summed E-state index contributed by atoms with van der Waals surface area (Å²) in [7, 11) is -0.319. The fraction of sp³-hybridized carbons (Fsp3) is 0.538. The third kappa shape index (κ3) is 3.46. The van der Waals surface area contributed by atoms with Gasteiger partial charge in [-0.15, -0.1) is 0 Å². The van der Waals surface area contributed by atoms with E-state index in [1.807, 2.05) is 0 Å². The average molecular weight is 284 g/mol. The highest BCUT2D eigenvalue weighted by molar-refractivity contribution is 7.89. The van der Waals surface area contributed by atoms with Crippen molar-refractivity contribution in [2.45, 2.75) is 23.8 Å². The summed E-state index contributed by atoms with van der Waals surface area (Å²) < 4.78 is 30.8. The van der Waals surface area contributed by atoms with Crippen LogP contribution in [-0.4, -0.2) is 46.0 Å². The highest BCUT2D eigenvalue weighted by Crippen LogP contribution is 2.20. The van der Waals surface area contributed by atoms with E-state index in [0.29, 0.717) is 5.75 Å². The molecule has 106 valence electrons. The molecule has 0 radical (unpaired) electrons. The van der Waals surface area contributed by atoms with Crippen molar-refractivity contribution in [2.75, 3.05) is 27.2 Å². The molecular formula is C13H20N2O3S. The van der Waals surface area contributed by atoms with E-state index >= 15 is 0 Å². The number of hydrogen-bond donors (Lipinski definition) is 1. The molecule has 0 aromatic heterocycles. The Labute approximate surface area is 114 Å². The number of nitrogens with one attached hydrogen (secondary N) is 1. The van der Waals surface area contributed by atoms with E-state index in [4.69, 9.17) is 4.74 Å². The van der Waals surface area contributed by atoms with Crippen LogP contribution in [0.1, 0.15) is 12.8 Å². The van der Waals surface area contributed by atoms with Gasteiger partial charge in [-0.1, -0.05) is 0 Å². The highest BCUT2D eigenvalue weighted by atomic mass is 32.2. The van der Waals surface area contributed by atoms with E-state index in [9.17, 15) is 8.42 Å². The zero-order chi connectivity index (χ0) is 13.9. The van der Waals surface area contributed by atoms with Crippen molar-refractivity contribution in [3.63, 3.8) is 0 Å². The minimum atomic E-state index is -3.36. The summed E-state index contributed by atoms with van der Waals surface area (Å²) in [6.07, 6.45) is 2.31. The predicted molar refractivity (Wildman–Crippen MR) is 73.8 cm³/mol. The molecular weight excluding hydrogens is 264 g/mol. The lowest BCUT2D eigenvalue weighted by molar-refractivity contribution is 0.167. The van der Waals surface area contributed by atoms with Crippen LogP contribution in [0.4, 0.5) is 0 Å². The fourth-order valence-corrected chi connectivity index (χ4v) is 2.92. The number of nitrogens with zero attached hydrogens (tertiary/aromatic N) is 1. The van der Waals surface area contributed by atoms with Crippen LogP contribution in [0.5, 0.6) is 5.75 Å². The minimum Gasteiger partial charge on any atom is -0.489 e. The van der Waals surface area contributed by atoms with Crippen LogP contribution in [0.2, 0.25) is 0 Å². The first-order valence-electron chi connectivity index (χ1n) is 6.40. The number of rotatable bonds is 4. The lowest BCUT2D eigenvalue weighted by atomic mass is 10.1. The van der Waals surface area contributed by atoms with Crippen LogP contribution < -0.4 is 10.1 Å². The molecule has 6 heteroatoms. The van der Waals surface area contributed by atoms with Crippen molar-refractivity contribution in [3.05, 3.63) is 24.3 Å². The smallest absolute Gasteiger partial charge is 0.242 e. The van der Waals surface area contributed by atoms with Gasteiger partial charge in [0.25, 0.3) is 0 Å². The van der Waals surface area contributed by atoms with E-state index in [1.165, 1.54) is 18.4 Å². The van der Waals surface area contributed by atoms with Crippen molar-refractivity contribution in [1.82, 2.24) is 9.62 Å². The van der Waals surface area contributed by atoms with Crippen molar-refractivity contribution in [2.24, 2.45) is 0 Å². The van der Waals surface area contributed by atoms with Gasteiger partial charge in [-0.2, -0.15) is 0 Å². The fourth-order valence-electron chi connectivity index (χ4n) is 2.01. The second kappa shape index (κ2) is 5.90. The molecule has 1 saturated heterocycles. The first-order valence-corrected chi connectivity index (χ1v) is 7.84. The van der Waals surface area contributed by atoms with Crippen molar-refractivity contribution in [3.8, 4) is 5.75 Å². The zero-order valence-electron chi connectivity index (χ0n) is 11.3. The standard InChI is InChI=1S/C13H20N2O3S/c1-15(2)19(16,17)13-7-5-11(6-8-13)18-12-4-3-9-14-10-12/h5-8,12,14H,3-4,9-10H2,1-2H3/t12-/m0/s1. The molecule has 0 aliphatic carbocycles. The topological polar surface area (TPSA) is 58.6 Å². The molecule has 1 aliphatic heterocycles. The van der Waals surface area contributed by atoms with Crippen LogP contribution in [0.3, 0.4) is 0 Å². The molecule has 0 unspecified atom stereocenters. The van der Waals surface area contributed by atoms with Gasteiger partial charge in [0.2, 0.25) is 10.0 Å². The normalized spacial score (nSPS) is 20.5. The van der Waals surface area contributed by atoms with Crippen molar-refractivity contribution >= 4 is 10.0 Å². The van der Waals surface area contributed by atoms with E-state index in [2.05, 4.69) is 5.32 Å². The maximum atomic E-state index is 11.9. The third-order valence-corrected chi connectivity index (χ3v) is 4.99. The molecule has 1 aromatic rings. The molecule has 0 amide bonds. The minimum absolute atomic E-state index is 0.171. The molecule has 0 bridgehead atoms. The second-order valence-corrected chi connectivity index (χ2v) is 7.00. The molecule has 1 fully saturated rings.